The van der Waals surface area contributed by atoms with E-state index in [2.05, 4.69) is 40.0 Å². The third-order valence-corrected chi connectivity index (χ3v) is 4.67. The molecule has 1 heterocycles. The van der Waals surface area contributed by atoms with Gasteiger partial charge in [-0.2, -0.15) is 0 Å². The van der Waals surface area contributed by atoms with Crippen molar-refractivity contribution in [3.63, 3.8) is 0 Å². The first-order valence-electron chi connectivity index (χ1n) is 8.29. The predicted octanol–water partition coefficient (Wildman–Crippen LogP) is 3.40. The van der Waals surface area contributed by atoms with Crippen LogP contribution in [0.5, 0.6) is 0 Å². The maximum absolute atomic E-state index is 11.9. The molecule has 1 aromatic heterocycles. The predicted molar refractivity (Wildman–Crippen MR) is 105 cm³/mol. The summed E-state index contributed by atoms with van der Waals surface area (Å²) in [6.45, 7) is 3.94. The van der Waals surface area contributed by atoms with Crippen LogP contribution in [0.25, 0.3) is 0 Å². The molecule has 0 aliphatic rings. The number of carbonyl (C=O) groups excluding carboxylic acids is 1. The fourth-order valence-electron chi connectivity index (χ4n) is 2.14. The Bertz CT molecular complexity index is 702. The van der Waals surface area contributed by atoms with E-state index in [1.807, 2.05) is 25.1 Å². The van der Waals surface area contributed by atoms with Gasteiger partial charge in [-0.25, -0.2) is 4.68 Å². The van der Waals surface area contributed by atoms with Gasteiger partial charge in [0.2, 0.25) is 11.1 Å². The highest BCUT2D eigenvalue weighted by molar-refractivity contribution is 7.98. The highest BCUT2D eigenvalue weighted by Crippen LogP contribution is 2.20. The number of unbranched alkanes of at least 4 members (excludes halogenated alkanes) is 2. The van der Waals surface area contributed by atoms with Gasteiger partial charge in [-0.1, -0.05) is 61.9 Å². The van der Waals surface area contributed by atoms with Crippen LogP contribution in [-0.2, 0) is 10.5 Å². The van der Waals surface area contributed by atoms with Crippen LogP contribution in [0.4, 0.5) is 0 Å². The molecule has 0 aliphatic carbocycles. The van der Waals surface area contributed by atoms with Gasteiger partial charge in [0.1, 0.15) is 5.82 Å². The molecule has 0 bridgehead atoms. The van der Waals surface area contributed by atoms with Gasteiger partial charge in [0.15, 0.2) is 5.11 Å². The summed E-state index contributed by atoms with van der Waals surface area (Å²) in [5, 5.41) is 11.9. The molecule has 0 fully saturated rings. The fourth-order valence-corrected chi connectivity index (χ4v) is 3.24. The van der Waals surface area contributed by atoms with Crippen molar-refractivity contribution in [1.82, 2.24) is 20.2 Å². The minimum Gasteiger partial charge on any atom is -0.302 e. The molecule has 1 aromatic carbocycles. The average molecular weight is 378 g/mol. The molecule has 0 unspecified atom stereocenters. The summed E-state index contributed by atoms with van der Waals surface area (Å²) in [5.74, 6) is 1.38. The number of hydrogen-bond acceptors (Lipinski definition) is 5. The molecule has 0 saturated heterocycles. The van der Waals surface area contributed by atoms with Gasteiger partial charge in [-0.05, 0) is 31.1 Å². The summed E-state index contributed by atoms with van der Waals surface area (Å²) in [7, 11) is 0. The Morgan fingerprint density at radius 2 is 2.00 bits per heavy atom. The van der Waals surface area contributed by atoms with Gasteiger partial charge < -0.3 is 5.32 Å². The number of aryl methyl sites for hydroxylation is 1. The quantitative estimate of drug-likeness (QED) is 0.417. The maximum atomic E-state index is 11.9. The van der Waals surface area contributed by atoms with Crippen LogP contribution in [0.1, 0.15) is 44.0 Å². The Morgan fingerprint density at radius 1 is 1.24 bits per heavy atom. The minimum absolute atomic E-state index is 0.0739. The first kappa shape index (κ1) is 19.4. The van der Waals surface area contributed by atoms with Crippen molar-refractivity contribution in [2.75, 3.05) is 5.43 Å². The zero-order valence-corrected chi connectivity index (χ0v) is 16.1. The van der Waals surface area contributed by atoms with E-state index in [0.29, 0.717) is 17.4 Å². The number of benzene rings is 1. The van der Waals surface area contributed by atoms with Crippen LogP contribution in [0.15, 0.2) is 35.5 Å². The molecule has 0 saturated carbocycles. The Hall–Kier alpha value is -1.93. The normalized spacial score (nSPS) is 10.5. The van der Waals surface area contributed by atoms with E-state index in [1.165, 1.54) is 5.56 Å². The number of nitrogens with zero attached hydrogens (tertiary/aromatic N) is 3. The topological polar surface area (TPSA) is 71.8 Å². The summed E-state index contributed by atoms with van der Waals surface area (Å²) in [6, 6.07) is 10.1. The number of thioether (sulfide) groups is 1. The average Bonchev–Trinajstić information content (AvgIpc) is 2.94. The lowest BCUT2D eigenvalue weighted by atomic mass is 10.2. The van der Waals surface area contributed by atoms with Gasteiger partial charge in [-0.15, -0.1) is 10.2 Å². The second-order valence-corrected chi connectivity index (χ2v) is 6.94. The number of carbonyl (C=O) groups is 1. The van der Waals surface area contributed by atoms with Crippen molar-refractivity contribution in [2.24, 2.45) is 0 Å². The molecule has 0 aliphatic heterocycles. The third-order valence-electron chi connectivity index (χ3n) is 3.48. The van der Waals surface area contributed by atoms with Gasteiger partial charge in [0.05, 0.1) is 0 Å². The molecule has 2 N–H and O–H groups in total. The number of amides is 1. The monoisotopic (exact) mass is 377 g/mol. The zero-order valence-electron chi connectivity index (χ0n) is 14.5. The SMILES string of the molecule is CCCCCC(=O)NC(=S)Nn1c(C)nnc1SCc1ccccc1. The van der Waals surface area contributed by atoms with Crippen LogP contribution >= 0.6 is 24.0 Å². The first-order chi connectivity index (χ1) is 12.1. The summed E-state index contributed by atoms with van der Waals surface area (Å²) < 4.78 is 1.70. The Balaban J connectivity index is 1.89. The standard InChI is InChI=1S/C17H23N5OS2/c1-3-4-6-11-15(23)18-16(24)21-22-13(2)19-20-17(22)25-12-14-9-7-5-8-10-14/h5,7-10H,3-4,6,11-12H2,1-2H3,(H2,18,21,23,24). The molecule has 25 heavy (non-hydrogen) atoms. The largest absolute Gasteiger partial charge is 0.302 e. The lowest BCUT2D eigenvalue weighted by Crippen LogP contribution is -2.38. The lowest BCUT2D eigenvalue weighted by Gasteiger charge is -2.13. The highest BCUT2D eigenvalue weighted by Gasteiger charge is 2.12. The molecule has 6 nitrogen and oxygen atoms in total. The third kappa shape index (κ3) is 6.47. The van der Waals surface area contributed by atoms with Crippen LogP contribution in [0, 0.1) is 6.92 Å². The van der Waals surface area contributed by atoms with Crippen LogP contribution in [-0.4, -0.2) is 25.9 Å². The molecule has 8 heteroatoms. The molecule has 2 rings (SSSR count). The lowest BCUT2D eigenvalue weighted by molar-refractivity contribution is -0.119. The summed E-state index contributed by atoms with van der Waals surface area (Å²) >= 11 is 6.78. The summed E-state index contributed by atoms with van der Waals surface area (Å²) in [4.78, 5) is 11.9. The van der Waals surface area contributed by atoms with E-state index in [-0.39, 0.29) is 11.0 Å². The first-order valence-corrected chi connectivity index (χ1v) is 9.69. The van der Waals surface area contributed by atoms with Gasteiger partial charge >= 0.3 is 0 Å². The number of hydrogen-bond donors (Lipinski definition) is 2. The summed E-state index contributed by atoms with van der Waals surface area (Å²) in [6.07, 6.45) is 3.47. The number of aromatic nitrogens is 3. The minimum atomic E-state index is -0.0739. The van der Waals surface area contributed by atoms with E-state index in [0.717, 1.165) is 25.0 Å². The molecular formula is C17H23N5OS2. The fraction of sp³-hybridized carbons (Fsp3) is 0.412. The molecule has 134 valence electrons. The van der Waals surface area contributed by atoms with E-state index < -0.39 is 0 Å². The van der Waals surface area contributed by atoms with E-state index in [1.54, 1.807) is 16.4 Å². The van der Waals surface area contributed by atoms with E-state index in [9.17, 15) is 4.79 Å². The van der Waals surface area contributed by atoms with Crippen molar-refractivity contribution in [3.8, 4) is 0 Å². The molecule has 2 aromatic rings. The second kappa shape index (κ2) is 10.1. The van der Waals surface area contributed by atoms with Gasteiger partial charge in [0.25, 0.3) is 0 Å². The number of thiocarbonyl (C=S) groups is 1. The molecular weight excluding hydrogens is 354 g/mol. The number of rotatable bonds is 8. The van der Waals surface area contributed by atoms with Gasteiger partial charge in [0, 0.05) is 12.2 Å². The van der Waals surface area contributed by atoms with E-state index in [4.69, 9.17) is 12.2 Å². The maximum Gasteiger partial charge on any atom is 0.226 e. The second-order valence-electron chi connectivity index (χ2n) is 5.59. The summed E-state index contributed by atoms with van der Waals surface area (Å²) in [5.41, 5.74) is 4.19. The van der Waals surface area contributed by atoms with Crippen LogP contribution in [0.3, 0.4) is 0 Å². The Labute approximate surface area is 157 Å². The van der Waals surface area contributed by atoms with Crippen molar-refractivity contribution >= 4 is 35.0 Å². The van der Waals surface area contributed by atoms with Crippen molar-refractivity contribution < 1.29 is 4.79 Å². The number of nitrogens with one attached hydrogen (secondary N) is 2. The molecule has 0 radical (unpaired) electrons. The van der Waals surface area contributed by atoms with Crippen molar-refractivity contribution in [3.05, 3.63) is 41.7 Å². The molecule has 0 spiro atoms. The van der Waals surface area contributed by atoms with Crippen molar-refractivity contribution in [2.45, 2.75) is 50.4 Å². The van der Waals surface area contributed by atoms with Gasteiger partial charge in [-0.3, -0.25) is 10.2 Å². The molecule has 1 amide bonds. The smallest absolute Gasteiger partial charge is 0.226 e. The Morgan fingerprint density at radius 3 is 2.72 bits per heavy atom. The molecule has 0 atom stereocenters. The van der Waals surface area contributed by atoms with Crippen LogP contribution < -0.4 is 10.7 Å². The van der Waals surface area contributed by atoms with Crippen molar-refractivity contribution in [1.29, 1.82) is 0 Å². The highest BCUT2D eigenvalue weighted by atomic mass is 32.2. The van der Waals surface area contributed by atoms with E-state index >= 15 is 0 Å². The van der Waals surface area contributed by atoms with Crippen LogP contribution in [0.2, 0.25) is 0 Å². The Kier molecular flexibility index (Phi) is 7.87. The zero-order chi connectivity index (χ0) is 18.1.